The lowest BCUT2D eigenvalue weighted by Crippen LogP contribution is -1.84. The van der Waals surface area contributed by atoms with Crippen LogP contribution in [0.25, 0.3) is 10.8 Å². The lowest BCUT2D eigenvalue weighted by Gasteiger charge is -1.98. The minimum atomic E-state index is 0.543. The molecule has 0 radical (unpaired) electrons. The summed E-state index contributed by atoms with van der Waals surface area (Å²) in [6.45, 7) is 0. The predicted molar refractivity (Wildman–Crippen MR) is 55.7 cm³/mol. The van der Waals surface area contributed by atoms with Crippen molar-refractivity contribution in [2.24, 2.45) is 0 Å². The van der Waals surface area contributed by atoms with Crippen LogP contribution in [-0.2, 0) is 21.6 Å². The predicted octanol–water partition coefficient (Wildman–Crippen LogP) is 2.77. The summed E-state index contributed by atoms with van der Waals surface area (Å²) < 4.78 is 10.5. The second-order valence-electron chi connectivity index (χ2n) is 2.90. The molecule has 0 aliphatic rings. The second-order valence-corrected chi connectivity index (χ2v) is 3.42. The Hall–Kier alpha value is -1.28. The Labute approximate surface area is 80.9 Å². The van der Waals surface area contributed by atoms with E-state index in [-0.39, 0.29) is 0 Å². The van der Waals surface area contributed by atoms with Crippen molar-refractivity contribution in [1.29, 1.82) is 0 Å². The monoisotopic (exact) mass is 189 g/mol. The molecule has 2 aromatic carbocycles. The van der Waals surface area contributed by atoms with E-state index in [4.69, 9.17) is 0 Å². The fourth-order valence-electron chi connectivity index (χ4n) is 1.48. The molecule has 0 aliphatic carbocycles. The Morgan fingerprint density at radius 2 is 1.77 bits per heavy atom. The van der Waals surface area contributed by atoms with Crippen molar-refractivity contribution < 1.29 is 4.21 Å². The summed E-state index contributed by atoms with van der Waals surface area (Å²) in [6, 6.07) is 14.2. The highest BCUT2D eigenvalue weighted by Gasteiger charge is 2.05. The van der Waals surface area contributed by atoms with Gasteiger partial charge in [-0.05, 0) is 10.8 Å². The van der Waals surface area contributed by atoms with Gasteiger partial charge in [0.25, 0.3) is 5.75 Å². The van der Waals surface area contributed by atoms with E-state index in [1.807, 2.05) is 24.3 Å². The molecule has 0 heterocycles. The maximum atomic E-state index is 10.5. The molecular weight excluding hydrogens is 180 g/mol. The summed E-state index contributed by atoms with van der Waals surface area (Å²) in [4.78, 5) is 0. The molecule has 1 nitrogen and oxygen atoms in total. The van der Waals surface area contributed by atoms with Crippen LogP contribution < -0.4 is 0 Å². The lowest BCUT2D eigenvalue weighted by molar-refractivity contribution is 0.604. The smallest absolute Gasteiger partial charge is 0.0616 e. The van der Waals surface area contributed by atoms with Crippen LogP contribution in [0, 0.1) is 0 Å². The Kier molecular flexibility index (Phi) is 2.32. The maximum absolute atomic E-state index is 10.5. The molecule has 0 atom stereocenters. The summed E-state index contributed by atoms with van der Waals surface area (Å²) in [5.41, 5.74) is 1.12. The first-order chi connectivity index (χ1) is 6.42. The zero-order valence-corrected chi connectivity index (χ0v) is 7.88. The van der Waals surface area contributed by atoms with Gasteiger partial charge >= 0.3 is 11.7 Å². The molecule has 0 fully saturated rings. The van der Waals surface area contributed by atoms with Crippen LogP contribution in [0.15, 0.2) is 42.5 Å². The Balaban J connectivity index is 2.68. The molecule has 0 unspecified atom stereocenters. The van der Waals surface area contributed by atoms with Crippen molar-refractivity contribution in [3.05, 3.63) is 48.0 Å². The first-order valence-corrected chi connectivity index (χ1v) is 5.04. The molecule has 0 aliphatic heterocycles. The first-order valence-electron chi connectivity index (χ1n) is 4.13. The fraction of sp³-hybridized carbons (Fsp3) is 0.0909. The highest BCUT2D eigenvalue weighted by atomic mass is 32.1. The van der Waals surface area contributed by atoms with Gasteiger partial charge in [0, 0.05) is 9.77 Å². The average molecular weight is 189 g/mol. The third-order valence-corrected chi connectivity index (χ3v) is 2.52. The Bertz CT molecular complexity index is 432. The summed E-state index contributed by atoms with van der Waals surface area (Å²) in [7, 11) is 0. The van der Waals surface area contributed by atoms with Crippen LogP contribution in [-0.4, -0.2) is 0 Å². The standard InChI is InChI=1S/C11H9OS/c12-13-8-10-6-3-5-9-4-1-2-7-11(9)10/h1-7H,8H2/q+1. The van der Waals surface area contributed by atoms with Crippen LogP contribution in [0.4, 0.5) is 0 Å². The normalized spacial score (nSPS) is 10.2. The van der Waals surface area contributed by atoms with Crippen molar-refractivity contribution in [1.82, 2.24) is 0 Å². The van der Waals surface area contributed by atoms with Crippen LogP contribution in [0.3, 0.4) is 0 Å². The van der Waals surface area contributed by atoms with Gasteiger partial charge in [0.15, 0.2) is 0 Å². The topological polar surface area (TPSA) is 17.1 Å². The fourth-order valence-corrected chi connectivity index (χ4v) is 1.86. The van der Waals surface area contributed by atoms with Crippen LogP contribution in [0.2, 0.25) is 0 Å². The van der Waals surface area contributed by atoms with Gasteiger partial charge < -0.3 is 0 Å². The molecule has 0 bridgehead atoms. The minimum Gasteiger partial charge on any atom is -0.0616 e. The number of benzene rings is 2. The molecule has 64 valence electrons. The third-order valence-electron chi connectivity index (χ3n) is 2.09. The van der Waals surface area contributed by atoms with Crippen molar-refractivity contribution in [3.8, 4) is 0 Å². The van der Waals surface area contributed by atoms with E-state index in [0.717, 1.165) is 5.56 Å². The van der Waals surface area contributed by atoms with E-state index in [1.54, 1.807) is 0 Å². The average Bonchev–Trinajstić information content (AvgIpc) is 2.19. The van der Waals surface area contributed by atoms with Crippen LogP contribution in [0.5, 0.6) is 0 Å². The van der Waals surface area contributed by atoms with Crippen molar-refractivity contribution in [3.63, 3.8) is 0 Å². The summed E-state index contributed by atoms with van der Waals surface area (Å²) in [5, 5.41) is 2.39. The summed E-state index contributed by atoms with van der Waals surface area (Å²) in [6.07, 6.45) is 0. The Morgan fingerprint density at radius 3 is 2.62 bits per heavy atom. The second kappa shape index (κ2) is 3.62. The molecule has 2 heteroatoms. The number of rotatable bonds is 2. The molecule has 0 amide bonds. The largest absolute Gasteiger partial charge is 0.463 e. The molecule has 0 saturated carbocycles. The lowest BCUT2D eigenvalue weighted by atomic mass is 10.1. The number of fused-ring (bicyclic) bond motifs is 1. The van der Waals surface area contributed by atoms with Gasteiger partial charge in [-0.3, -0.25) is 0 Å². The van der Waals surface area contributed by atoms with Gasteiger partial charge in [-0.2, -0.15) is 0 Å². The molecule has 0 spiro atoms. The highest BCUT2D eigenvalue weighted by Crippen LogP contribution is 2.18. The number of hydrogen-bond donors (Lipinski definition) is 0. The van der Waals surface area contributed by atoms with Gasteiger partial charge in [-0.1, -0.05) is 42.5 Å². The van der Waals surface area contributed by atoms with E-state index in [9.17, 15) is 4.21 Å². The van der Waals surface area contributed by atoms with E-state index in [2.05, 4.69) is 18.2 Å². The van der Waals surface area contributed by atoms with Gasteiger partial charge in [-0.15, -0.1) is 0 Å². The van der Waals surface area contributed by atoms with E-state index < -0.39 is 0 Å². The van der Waals surface area contributed by atoms with Crippen molar-refractivity contribution >= 4 is 22.4 Å². The Morgan fingerprint density at radius 1 is 1.00 bits per heavy atom. The maximum Gasteiger partial charge on any atom is 0.463 e. The van der Waals surface area contributed by atoms with Crippen molar-refractivity contribution in [2.75, 3.05) is 0 Å². The zero-order valence-electron chi connectivity index (χ0n) is 7.07. The molecule has 13 heavy (non-hydrogen) atoms. The SMILES string of the molecule is O=[S+]Cc1cccc2ccccc12. The number of hydrogen-bond acceptors (Lipinski definition) is 1. The van der Waals surface area contributed by atoms with Crippen LogP contribution >= 0.6 is 0 Å². The van der Waals surface area contributed by atoms with E-state index >= 15 is 0 Å². The van der Waals surface area contributed by atoms with Gasteiger partial charge in [0.05, 0.1) is 0 Å². The molecule has 0 saturated heterocycles. The summed E-state index contributed by atoms with van der Waals surface area (Å²) in [5.74, 6) is 0.543. The molecule has 0 aromatic heterocycles. The van der Waals surface area contributed by atoms with Crippen LogP contribution in [0.1, 0.15) is 5.56 Å². The zero-order chi connectivity index (χ0) is 9.10. The van der Waals surface area contributed by atoms with E-state index in [0.29, 0.717) is 17.4 Å². The van der Waals surface area contributed by atoms with Gasteiger partial charge in [0.2, 0.25) is 0 Å². The summed E-state index contributed by atoms with van der Waals surface area (Å²) >= 11 is 0.620. The quantitative estimate of drug-likeness (QED) is 0.664. The highest BCUT2D eigenvalue weighted by molar-refractivity contribution is 7.64. The molecule has 0 N–H and O–H groups in total. The minimum absolute atomic E-state index is 0.543. The van der Waals surface area contributed by atoms with Gasteiger partial charge in [-0.25, -0.2) is 0 Å². The first kappa shape index (κ1) is 8.32. The molecular formula is C11H9OS+. The third kappa shape index (κ3) is 1.58. The van der Waals surface area contributed by atoms with Gasteiger partial charge in [0.1, 0.15) is 0 Å². The van der Waals surface area contributed by atoms with Crippen molar-refractivity contribution in [2.45, 2.75) is 5.75 Å². The molecule has 2 rings (SSSR count). The molecule has 2 aromatic rings. The van der Waals surface area contributed by atoms with E-state index in [1.165, 1.54) is 10.8 Å².